The van der Waals surface area contributed by atoms with E-state index < -0.39 is 23.8 Å². The lowest BCUT2D eigenvalue weighted by Gasteiger charge is -2.40. The molecule has 0 amide bonds. The summed E-state index contributed by atoms with van der Waals surface area (Å²) >= 11 is 0. The van der Waals surface area contributed by atoms with E-state index in [9.17, 15) is 13.9 Å². The van der Waals surface area contributed by atoms with Crippen LogP contribution in [0.5, 0.6) is 0 Å². The van der Waals surface area contributed by atoms with Gasteiger partial charge < -0.3 is 16.2 Å². The van der Waals surface area contributed by atoms with Gasteiger partial charge in [0.25, 0.3) is 0 Å². The molecular weight excluding hydrogens is 346 g/mol. The third-order valence-corrected chi connectivity index (χ3v) is 5.57. The second kappa shape index (κ2) is 8.91. The summed E-state index contributed by atoms with van der Waals surface area (Å²) in [7, 11) is 0. The second-order valence-corrected chi connectivity index (χ2v) is 7.60. The molecule has 0 heterocycles. The SMILES string of the molecule is N[C@@H](Cc1cc(F)cc(F)c1)[C@H](O)CNC1(c2ccccc2)CCCCC1. The summed E-state index contributed by atoms with van der Waals surface area (Å²) in [6, 6.07) is 13.1. The number of hydrogen-bond acceptors (Lipinski definition) is 3. The number of benzene rings is 2. The van der Waals surface area contributed by atoms with Crippen LogP contribution in [-0.2, 0) is 12.0 Å². The number of rotatable bonds is 7. The molecule has 0 spiro atoms. The summed E-state index contributed by atoms with van der Waals surface area (Å²) in [6.45, 7) is 0.341. The van der Waals surface area contributed by atoms with Crippen LogP contribution in [0.25, 0.3) is 0 Å². The van der Waals surface area contributed by atoms with Crippen LogP contribution >= 0.6 is 0 Å². The van der Waals surface area contributed by atoms with Crippen LogP contribution in [0.15, 0.2) is 48.5 Å². The Bertz CT molecular complexity index is 712. The predicted octanol–water partition coefficient (Wildman–Crippen LogP) is 3.64. The van der Waals surface area contributed by atoms with Crippen molar-refractivity contribution in [1.82, 2.24) is 5.32 Å². The highest BCUT2D eigenvalue weighted by molar-refractivity contribution is 5.25. The first-order chi connectivity index (χ1) is 13.0. The first kappa shape index (κ1) is 19.9. The molecule has 2 aromatic carbocycles. The Morgan fingerprint density at radius 2 is 1.63 bits per heavy atom. The van der Waals surface area contributed by atoms with Gasteiger partial charge in [-0.15, -0.1) is 0 Å². The van der Waals surface area contributed by atoms with Crippen molar-refractivity contribution in [2.75, 3.05) is 6.54 Å². The smallest absolute Gasteiger partial charge is 0.126 e. The van der Waals surface area contributed by atoms with Crippen molar-refractivity contribution in [3.8, 4) is 0 Å². The molecule has 0 aromatic heterocycles. The summed E-state index contributed by atoms with van der Waals surface area (Å²) in [5, 5.41) is 14.1. The monoisotopic (exact) mass is 374 g/mol. The molecule has 4 N–H and O–H groups in total. The molecule has 146 valence electrons. The predicted molar refractivity (Wildman–Crippen MR) is 103 cm³/mol. The van der Waals surface area contributed by atoms with Gasteiger partial charge in [-0.1, -0.05) is 49.6 Å². The molecule has 0 aliphatic heterocycles. The third-order valence-electron chi connectivity index (χ3n) is 5.57. The quantitative estimate of drug-likeness (QED) is 0.693. The number of nitrogens with one attached hydrogen (secondary N) is 1. The lowest BCUT2D eigenvalue weighted by Crippen LogP contribution is -2.51. The Kier molecular flexibility index (Phi) is 6.58. The zero-order valence-corrected chi connectivity index (χ0v) is 15.5. The van der Waals surface area contributed by atoms with Crippen molar-refractivity contribution in [3.63, 3.8) is 0 Å². The van der Waals surface area contributed by atoms with E-state index in [0.717, 1.165) is 31.7 Å². The van der Waals surface area contributed by atoms with Gasteiger partial charge in [0.2, 0.25) is 0 Å². The van der Waals surface area contributed by atoms with Crippen LogP contribution in [0, 0.1) is 11.6 Å². The van der Waals surface area contributed by atoms with Crippen molar-refractivity contribution < 1.29 is 13.9 Å². The van der Waals surface area contributed by atoms with E-state index in [0.29, 0.717) is 12.1 Å². The Labute approximate surface area is 159 Å². The molecule has 2 aromatic rings. The fraction of sp³-hybridized carbons (Fsp3) is 0.455. The highest BCUT2D eigenvalue weighted by Gasteiger charge is 2.34. The van der Waals surface area contributed by atoms with Gasteiger partial charge in [-0.05, 0) is 42.5 Å². The average molecular weight is 374 g/mol. The largest absolute Gasteiger partial charge is 0.390 e. The molecule has 0 radical (unpaired) electrons. The molecule has 0 unspecified atom stereocenters. The van der Waals surface area contributed by atoms with Gasteiger partial charge in [-0.3, -0.25) is 0 Å². The van der Waals surface area contributed by atoms with Gasteiger partial charge >= 0.3 is 0 Å². The topological polar surface area (TPSA) is 58.3 Å². The van der Waals surface area contributed by atoms with Crippen LogP contribution in [0.3, 0.4) is 0 Å². The molecule has 5 heteroatoms. The van der Waals surface area contributed by atoms with Crippen molar-refractivity contribution >= 4 is 0 Å². The van der Waals surface area contributed by atoms with Crippen LogP contribution in [0.1, 0.15) is 43.2 Å². The zero-order valence-electron chi connectivity index (χ0n) is 15.5. The van der Waals surface area contributed by atoms with Crippen molar-refractivity contribution in [2.24, 2.45) is 5.73 Å². The van der Waals surface area contributed by atoms with E-state index in [4.69, 9.17) is 5.73 Å². The first-order valence-corrected chi connectivity index (χ1v) is 9.68. The molecule has 27 heavy (non-hydrogen) atoms. The van der Waals surface area contributed by atoms with Crippen LogP contribution in [0.4, 0.5) is 8.78 Å². The van der Waals surface area contributed by atoms with Gasteiger partial charge in [0.15, 0.2) is 0 Å². The van der Waals surface area contributed by atoms with E-state index in [2.05, 4.69) is 17.4 Å². The minimum atomic E-state index is -0.807. The minimum Gasteiger partial charge on any atom is -0.390 e. The van der Waals surface area contributed by atoms with E-state index in [-0.39, 0.29) is 12.0 Å². The number of halogens is 2. The summed E-state index contributed by atoms with van der Waals surface area (Å²) < 4.78 is 26.7. The molecule has 0 saturated heterocycles. The standard InChI is InChI=1S/C22H28F2N2O/c23-18-11-16(12-19(24)14-18)13-20(25)21(27)15-26-22(9-5-2-6-10-22)17-7-3-1-4-8-17/h1,3-4,7-8,11-12,14,20-21,26-27H,2,5-6,9-10,13,15,25H2/t20-,21+/m0/s1. The molecule has 1 aliphatic rings. The first-order valence-electron chi connectivity index (χ1n) is 9.68. The molecule has 1 aliphatic carbocycles. The normalized spacial score (nSPS) is 18.8. The lowest BCUT2D eigenvalue weighted by atomic mass is 9.76. The Morgan fingerprint density at radius 1 is 1.00 bits per heavy atom. The fourth-order valence-electron chi connectivity index (χ4n) is 4.07. The number of hydrogen-bond donors (Lipinski definition) is 3. The maximum atomic E-state index is 13.4. The maximum absolute atomic E-state index is 13.4. The van der Waals surface area contributed by atoms with Gasteiger partial charge in [-0.2, -0.15) is 0 Å². The fourth-order valence-corrected chi connectivity index (χ4v) is 4.07. The summed E-state index contributed by atoms with van der Waals surface area (Å²) in [6.07, 6.45) is 4.97. The van der Waals surface area contributed by atoms with Crippen molar-refractivity contribution in [3.05, 3.63) is 71.3 Å². The summed E-state index contributed by atoms with van der Waals surface area (Å²) in [4.78, 5) is 0. The molecule has 2 atom stereocenters. The molecule has 3 nitrogen and oxygen atoms in total. The molecule has 3 rings (SSSR count). The van der Waals surface area contributed by atoms with Gasteiger partial charge in [-0.25, -0.2) is 8.78 Å². The number of aliphatic hydroxyl groups is 1. The zero-order chi connectivity index (χ0) is 19.3. The summed E-state index contributed by atoms with van der Waals surface area (Å²) in [5.41, 5.74) is 7.65. The Hall–Kier alpha value is -1.82. The van der Waals surface area contributed by atoms with Crippen LogP contribution < -0.4 is 11.1 Å². The van der Waals surface area contributed by atoms with Gasteiger partial charge in [0.1, 0.15) is 11.6 Å². The van der Waals surface area contributed by atoms with E-state index in [1.807, 2.05) is 18.2 Å². The van der Waals surface area contributed by atoms with E-state index in [1.54, 1.807) is 0 Å². The molecule has 1 saturated carbocycles. The van der Waals surface area contributed by atoms with Crippen molar-refractivity contribution in [2.45, 2.75) is 56.2 Å². The average Bonchev–Trinajstić information content (AvgIpc) is 2.66. The highest BCUT2D eigenvalue weighted by Crippen LogP contribution is 2.37. The number of nitrogens with two attached hydrogens (primary N) is 1. The number of aliphatic hydroxyl groups excluding tert-OH is 1. The Morgan fingerprint density at radius 3 is 2.26 bits per heavy atom. The maximum Gasteiger partial charge on any atom is 0.126 e. The van der Waals surface area contributed by atoms with Crippen molar-refractivity contribution in [1.29, 1.82) is 0 Å². The molecular formula is C22H28F2N2O. The third kappa shape index (κ3) is 5.12. The minimum absolute atomic E-state index is 0.148. The Balaban J connectivity index is 1.64. The van der Waals surface area contributed by atoms with E-state index >= 15 is 0 Å². The molecule has 0 bridgehead atoms. The van der Waals surface area contributed by atoms with Gasteiger partial charge in [0, 0.05) is 24.2 Å². The van der Waals surface area contributed by atoms with Crippen LogP contribution in [0.2, 0.25) is 0 Å². The summed E-state index contributed by atoms with van der Waals surface area (Å²) in [5.74, 6) is -1.26. The van der Waals surface area contributed by atoms with Crippen LogP contribution in [-0.4, -0.2) is 23.8 Å². The molecule has 1 fully saturated rings. The lowest BCUT2D eigenvalue weighted by molar-refractivity contribution is 0.116. The van der Waals surface area contributed by atoms with E-state index in [1.165, 1.54) is 24.1 Å². The highest BCUT2D eigenvalue weighted by atomic mass is 19.1. The second-order valence-electron chi connectivity index (χ2n) is 7.60. The van der Waals surface area contributed by atoms with Gasteiger partial charge in [0.05, 0.1) is 6.10 Å².